The Kier molecular flexibility index (Phi) is 9.38. The number of nitrogens with zero attached hydrogens (tertiary/aromatic N) is 3. The predicted octanol–water partition coefficient (Wildman–Crippen LogP) is 15.6. The molecule has 0 fully saturated rings. The van der Waals surface area contributed by atoms with Gasteiger partial charge in [0, 0.05) is 36.9 Å². The molecule has 0 radical (unpaired) electrons. The Labute approximate surface area is 359 Å². The molecule has 0 aliphatic rings. The van der Waals surface area contributed by atoms with Gasteiger partial charge in [-0.2, -0.15) is 0 Å². The average Bonchev–Trinajstić information content (AvgIpc) is 3.74. The molecule has 4 heteroatoms. The maximum Gasteiger partial charge on any atom is 0.164 e. The molecule has 11 aromatic rings. The van der Waals surface area contributed by atoms with Crippen molar-refractivity contribution < 1.29 is 0 Å². The monoisotopic (exact) mass is 795 g/mol. The first-order valence-electron chi connectivity index (χ1n) is 20.5. The first kappa shape index (κ1) is 36.3. The third-order valence-electron chi connectivity index (χ3n) is 11.4. The highest BCUT2D eigenvalue weighted by Crippen LogP contribution is 2.40. The Morgan fingerprint density at radius 3 is 1.33 bits per heavy atom. The second kappa shape index (κ2) is 15.8. The molecule has 0 saturated heterocycles. The maximum atomic E-state index is 5.14. The van der Waals surface area contributed by atoms with Crippen molar-refractivity contribution in [3.05, 3.63) is 224 Å². The van der Waals surface area contributed by atoms with Crippen molar-refractivity contribution in [2.45, 2.75) is 0 Å². The number of aromatic nitrogens is 3. The molecule has 0 N–H and O–H groups in total. The van der Waals surface area contributed by atoms with E-state index < -0.39 is 0 Å². The van der Waals surface area contributed by atoms with Gasteiger partial charge in [0.25, 0.3) is 0 Å². The van der Waals surface area contributed by atoms with Crippen LogP contribution in [-0.4, -0.2) is 15.0 Å². The molecule has 0 amide bonds. The minimum atomic E-state index is 0.627. The Bertz CT molecular complexity index is 3320. The zero-order valence-electron chi connectivity index (χ0n) is 33.1. The number of hydrogen-bond acceptors (Lipinski definition) is 4. The Morgan fingerprint density at radius 1 is 0.246 bits per heavy atom. The quantitative estimate of drug-likeness (QED) is 0.154. The summed E-state index contributed by atoms with van der Waals surface area (Å²) >= 11 is 1.87. The van der Waals surface area contributed by atoms with E-state index >= 15 is 0 Å². The van der Waals surface area contributed by atoms with Gasteiger partial charge in [0.1, 0.15) is 0 Å². The predicted molar refractivity (Wildman–Crippen MR) is 256 cm³/mol. The lowest BCUT2D eigenvalue weighted by Gasteiger charge is -2.13. The molecule has 0 atom stereocenters. The topological polar surface area (TPSA) is 38.7 Å². The Hall–Kier alpha value is -7.79. The summed E-state index contributed by atoms with van der Waals surface area (Å²) in [7, 11) is 0. The minimum absolute atomic E-state index is 0.627. The van der Waals surface area contributed by atoms with E-state index in [9.17, 15) is 0 Å². The molecule has 2 aromatic heterocycles. The minimum Gasteiger partial charge on any atom is -0.208 e. The van der Waals surface area contributed by atoms with Gasteiger partial charge in [-0.15, -0.1) is 11.3 Å². The zero-order chi connectivity index (χ0) is 40.5. The van der Waals surface area contributed by atoms with Crippen LogP contribution in [0, 0.1) is 0 Å². The summed E-state index contributed by atoms with van der Waals surface area (Å²) in [5.74, 6) is 1.89. The highest BCUT2D eigenvalue weighted by molar-refractivity contribution is 7.26. The van der Waals surface area contributed by atoms with Gasteiger partial charge in [-0.3, -0.25) is 0 Å². The molecule has 9 aromatic carbocycles. The van der Waals surface area contributed by atoms with E-state index in [2.05, 4.69) is 206 Å². The Morgan fingerprint density at radius 2 is 0.656 bits per heavy atom. The summed E-state index contributed by atoms with van der Waals surface area (Å²) in [6.45, 7) is 0. The molecule has 0 aliphatic carbocycles. The Balaban J connectivity index is 0.903. The van der Waals surface area contributed by atoms with Crippen LogP contribution in [0.25, 0.3) is 110 Å². The highest BCUT2D eigenvalue weighted by Gasteiger charge is 2.17. The van der Waals surface area contributed by atoms with Crippen molar-refractivity contribution in [2.75, 3.05) is 0 Å². The summed E-state index contributed by atoms with van der Waals surface area (Å²) < 4.78 is 2.66. The normalized spacial score (nSPS) is 11.3. The van der Waals surface area contributed by atoms with Crippen molar-refractivity contribution in [3.8, 4) is 89.8 Å². The molecule has 11 rings (SSSR count). The number of benzene rings is 9. The lowest BCUT2D eigenvalue weighted by atomic mass is 9.97. The van der Waals surface area contributed by atoms with Gasteiger partial charge in [0.15, 0.2) is 17.5 Å². The first-order valence-corrected chi connectivity index (χ1v) is 21.3. The van der Waals surface area contributed by atoms with Crippen LogP contribution < -0.4 is 0 Å². The molecular weight excluding hydrogens is 759 g/mol. The summed E-state index contributed by atoms with van der Waals surface area (Å²) in [4.78, 5) is 15.4. The number of rotatable bonds is 8. The fourth-order valence-electron chi connectivity index (χ4n) is 8.25. The molecule has 61 heavy (non-hydrogen) atoms. The summed E-state index contributed by atoms with van der Waals surface area (Å²) in [6.07, 6.45) is 0. The van der Waals surface area contributed by atoms with Gasteiger partial charge in [-0.1, -0.05) is 212 Å². The van der Waals surface area contributed by atoms with Crippen LogP contribution in [0.4, 0.5) is 0 Å². The summed E-state index contributed by atoms with van der Waals surface area (Å²) in [5, 5.41) is 2.65. The largest absolute Gasteiger partial charge is 0.208 e. The lowest BCUT2D eigenvalue weighted by Crippen LogP contribution is -2.01. The van der Waals surface area contributed by atoms with Crippen LogP contribution in [-0.2, 0) is 0 Å². The van der Waals surface area contributed by atoms with E-state index in [1.165, 1.54) is 42.4 Å². The molecular formula is C57H37N3S. The number of fused-ring (bicyclic) bond motifs is 3. The van der Waals surface area contributed by atoms with Crippen LogP contribution in [0.2, 0.25) is 0 Å². The van der Waals surface area contributed by atoms with Crippen molar-refractivity contribution in [2.24, 2.45) is 0 Å². The van der Waals surface area contributed by atoms with Crippen molar-refractivity contribution >= 4 is 31.5 Å². The van der Waals surface area contributed by atoms with E-state index in [1.807, 2.05) is 29.5 Å². The SMILES string of the molecule is c1ccc(-c2cccc(-c3nc(-c4ccc(-c5ccc(-c6ccc(-c7cccc8c7sc7ccccc78)cc6)cc5)cc4)nc(-c4ccccc4-c4ccccc4)n3)c2)cc1. The molecule has 3 nitrogen and oxygen atoms in total. The first-order chi connectivity index (χ1) is 30.2. The van der Waals surface area contributed by atoms with Crippen LogP contribution >= 0.6 is 11.3 Å². The average molecular weight is 796 g/mol. The highest BCUT2D eigenvalue weighted by atomic mass is 32.1. The van der Waals surface area contributed by atoms with Gasteiger partial charge in [-0.25, -0.2) is 15.0 Å². The van der Waals surface area contributed by atoms with E-state index in [0.29, 0.717) is 17.5 Å². The molecule has 2 heterocycles. The molecule has 0 unspecified atom stereocenters. The van der Waals surface area contributed by atoms with Crippen molar-refractivity contribution in [1.29, 1.82) is 0 Å². The zero-order valence-corrected chi connectivity index (χ0v) is 33.9. The summed E-state index contributed by atoms with van der Waals surface area (Å²) in [6, 6.07) is 79.3. The van der Waals surface area contributed by atoms with Crippen LogP contribution in [0.3, 0.4) is 0 Å². The van der Waals surface area contributed by atoms with Gasteiger partial charge in [-0.05, 0) is 67.8 Å². The number of thiophene rings is 1. The molecule has 0 aliphatic heterocycles. The van der Waals surface area contributed by atoms with Gasteiger partial charge in [0.2, 0.25) is 0 Å². The van der Waals surface area contributed by atoms with E-state index in [1.54, 1.807) is 0 Å². The van der Waals surface area contributed by atoms with E-state index in [0.717, 1.165) is 50.1 Å². The lowest BCUT2D eigenvalue weighted by molar-refractivity contribution is 1.07. The standard InChI is InChI=1S/C57H37N3S/c1-3-13-38(14-4-1)46-17-11-18-47(37-46)56-58-55(59-57(60-56)52-21-8-7-19-48(52)43-15-5-2-6-16-43)45-35-31-42(32-36-45)40-27-25-39(26-28-40)41-29-33-44(34-30-41)49-22-12-23-51-50-20-9-10-24-53(50)61-54(49)51/h1-37H. The van der Waals surface area contributed by atoms with Crippen molar-refractivity contribution in [3.63, 3.8) is 0 Å². The molecule has 0 bridgehead atoms. The van der Waals surface area contributed by atoms with Gasteiger partial charge < -0.3 is 0 Å². The second-order valence-electron chi connectivity index (χ2n) is 15.2. The smallest absolute Gasteiger partial charge is 0.164 e. The van der Waals surface area contributed by atoms with Gasteiger partial charge in [0.05, 0.1) is 0 Å². The fourth-order valence-corrected chi connectivity index (χ4v) is 9.49. The number of hydrogen-bond donors (Lipinski definition) is 0. The fraction of sp³-hybridized carbons (Fsp3) is 0. The summed E-state index contributed by atoms with van der Waals surface area (Å²) in [5.41, 5.74) is 14.4. The third-order valence-corrected chi connectivity index (χ3v) is 12.6. The van der Waals surface area contributed by atoms with E-state index in [4.69, 9.17) is 15.0 Å². The molecule has 286 valence electrons. The van der Waals surface area contributed by atoms with Crippen LogP contribution in [0.15, 0.2) is 224 Å². The third kappa shape index (κ3) is 7.09. The van der Waals surface area contributed by atoms with Crippen LogP contribution in [0.5, 0.6) is 0 Å². The molecule has 0 saturated carbocycles. The van der Waals surface area contributed by atoms with Gasteiger partial charge >= 0.3 is 0 Å². The van der Waals surface area contributed by atoms with Crippen LogP contribution in [0.1, 0.15) is 0 Å². The second-order valence-corrected chi connectivity index (χ2v) is 16.2. The van der Waals surface area contributed by atoms with E-state index in [-0.39, 0.29) is 0 Å². The molecule has 0 spiro atoms. The maximum absolute atomic E-state index is 5.14. The van der Waals surface area contributed by atoms with Crippen molar-refractivity contribution in [1.82, 2.24) is 15.0 Å².